The van der Waals surface area contributed by atoms with Gasteiger partial charge < -0.3 is 9.84 Å². The number of pyridine rings is 1. The molecule has 0 saturated heterocycles. The third-order valence-electron chi connectivity index (χ3n) is 1.98. The number of carbonyl (C=O) groups excluding carboxylic acids is 1. The van der Waals surface area contributed by atoms with Gasteiger partial charge in [-0.3, -0.25) is 4.79 Å². The molecule has 1 N–H and O–H groups in total. The summed E-state index contributed by atoms with van der Waals surface area (Å²) in [7, 11) is 0. The molecule has 0 spiro atoms. The summed E-state index contributed by atoms with van der Waals surface area (Å²) in [4.78, 5) is 19.6. The Morgan fingerprint density at radius 3 is 3.06 bits per heavy atom. The second kappa shape index (κ2) is 5.53. The van der Waals surface area contributed by atoms with Crippen molar-refractivity contribution in [2.75, 3.05) is 6.54 Å². The van der Waals surface area contributed by atoms with Gasteiger partial charge >= 0.3 is 0 Å². The van der Waals surface area contributed by atoms with Gasteiger partial charge in [0, 0.05) is 13.0 Å². The SMILES string of the molecule is O=C(NCCc1ncno1)c1cccc(Br)n1. The fourth-order valence-corrected chi connectivity index (χ4v) is 1.56. The average Bonchev–Trinajstić information content (AvgIpc) is 2.82. The second-order valence-corrected chi connectivity index (χ2v) is 4.00. The quantitative estimate of drug-likeness (QED) is 0.858. The molecule has 2 rings (SSSR count). The Morgan fingerprint density at radius 1 is 1.47 bits per heavy atom. The van der Waals surface area contributed by atoms with E-state index < -0.39 is 0 Å². The first-order chi connectivity index (χ1) is 8.25. The van der Waals surface area contributed by atoms with E-state index in [1.54, 1.807) is 18.2 Å². The highest BCUT2D eigenvalue weighted by Crippen LogP contribution is 2.05. The zero-order valence-corrected chi connectivity index (χ0v) is 10.3. The number of amides is 1. The van der Waals surface area contributed by atoms with Crippen molar-refractivity contribution in [2.45, 2.75) is 6.42 Å². The van der Waals surface area contributed by atoms with E-state index in [4.69, 9.17) is 4.52 Å². The van der Waals surface area contributed by atoms with Crippen LogP contribution in [0.1, 0.15) is 16.4 Å². The maximum absolute atomic E-state index is 11.7. The highest BCUT2D eigenvalue weighted by Gasteiger charge is 2.07. The lowest BCUT2D eigenvalue weighted by Crippen LogP contribution is -2.26. The molecule has 2 aromatic rings. The fraction of sp³-hybridized carbons (Fsp3) is 0.200. The van der Waals surface area contributed by atoms with E-state index in [0.29, 0.717) is 29.2 Å². The zero-order valence-electron chi connectivity index (χ0n) is 8.76. The topological polar surface area (TPSA) is 80.9 Å². The maximum Gasteiger partial charge on any atom is 0.269 e. The second-order valence-electron chi connectivity index (χ2n) is 3.19. The van der Waals surface area contributed by atoms with Crippen LogP contribution in [-0.4, -0.2) is 27.6 Å². The Labute approximate surface area is 106 Å². The van der Waals surface area contributed by atoms with E-state index in [0.717, 1.165) is 0 Å². The average molecular weight is 297 g/mol. The molecule has 6 nitrogen and oxygen atoms in total. The molecule has 7 heteroatoms. The van der Waals surface area contributed by atoms with Gasteiger partial charge in [0.2, 0.25) is 5.89 Å². The van der Waals surface area contributed by atoms with Gasteiger partial charge in [-0.15, -0.1) is 0 Å². The first-order valence-electron chi connectivity index (χ1n) is 4.92. The van der Waals surface area contributed by atoms with Crippen molar-refractivity contribution in [3.8, 4) is 0 Å². The number of halogens is 1. The van der Waals surface area contributed by atoms with Gasteiger partial charge in [0.25, 0.3) is 5.91 Å². The van der Waals surface area contributed by atoms with Crippen molar-refractivity contribution < 1.29 is 9.32 Å². The summed E-state index contributed by atoms with van der Waals surface area (Å²) < 4.78 is 5.43. The predicted molar refractivity (Wildman–Crippen MR) is 62.3 cm³/mol. The largest absolute Gasteiger partial charge is 0.350 e. The van der Waals surface area contributed by atoms with Gasteiger partial charge in [-0.05, 0) is 28.1 Å². The van der Waals surface area contributed by atoms with Crippen molar-refractivity contribution in [2.24, 2.45) is 0 Å². The molecule has 0 aliphatic carbocycles. The van der Waals surface area contributed by atoms with Crippen LogP contribution in [0.2, 0.25) is 0 Å². The third-order valence-corrected chi connectivity index (χ3v) is 2.42. The minimum absolute atomic E-state index is 0.231. The van der Waals surface area contributed by atoms with Gasteiger partial charge in [0.1, 0.15) is 10.3 Å². The number of hydrogen-bond donors (Lipinski definition) is 1. The summed E-state index contributed by atoms with van der Waals surface area (Å²) in [5.41, 5.74) is 0.366. The lowest BCUT2D eigenvalue weighted by molar-refractivity contribution is 0.0948. The molecule has 1 amide bonds. The van der Waals surface area contributed by atoms with E-state index in [9.17, 15) is 4.79 Å². The normalized spacial score (nSPS) is 10.2. The molecular weight excluding hydrogens is 288 g/mol. The van der Waals surface area contributed by atoms with Crippen molar-refractivity contribution in [3.63, 3.8) is 0 Å². The van der Waals surface area contributed by atoms with Crippen LogP contribution in [0.5, 0.6) is 0 Å². The van der Waals surface area contributed by atoms with Gasteiger partial charge in [0.05, 0.1) is 0 Å². The van der Waals surface area contributed by atoms with Crippen molar-refractivity contribution in [1.82, 2.24) is 20.4 Å². The van der Waals surface area contributed by atoms with Gasteiger partial charge in [-0.1, -0.05) is 11.2 Å². The molecule has 0 fully saturated rings. The van der Waals surface area contributed by atoms with E-state index in [2.05, 4.69) is 36.4 Å². The van der Waals surface area contributed by atoms with Crippen LogP contribution < -0.4 is 5.32 Å². The Balaban J connectivity index is 1.85. The van der Waals surface area contributed by atoms with Crippen LogP contribution in [0.25, 0.3) is 0 Å². The fourth-order valence-electron chi connectivity index (χ4n) is 1.21. The van der Waals surface area contributed by atoms with Crippen molar-refractivity contribution in [3.05, 3.63) is 40.7 Å². The molecule has 0 saturated carbocycles. The van der Waals surface area contributed by atoms with Gasteiger partial charge in [-0.2, -0.15) is 4.98 Å². The van der Waals surface area contributed by atoms with Crippen LogP contribution in [0.3, 0.4) is 0 Å². The molecule has 17 heavy (non-hydrogen) atoms. The summed E-state index contributed by atoms with van der Waals surface area (Å²) >= 11 is 3.21. The van der Waals surface area contributed by atoms with E-state index >= 15 is 0 Å². The Morgan fingerprint density at radius 2 is 2.35 bits per heavy atom. The Kier molecular flexibility index (Phi) is 3.81. The third kappa shape index (κ3) is 3.35. The van der Waals surface area contributed by atoms with Crippen LogP contribution in [0.15, 0.2) is 33.7 Å². The minimum Gasteiger partial charge on any atom is -0.350 e. The number of rotatable bonds is 4. The van der Waals surface area contributed by atoms with Gasteiger partial charge in [-0.25, -0.2) is 4.98 Å². The van der Waals surface area contributed by atoms with Crippen molar-refractivity contribution >= 4 is 21.8 Å². The lowest BCUT2D eigenvalue weighted by atomic mass is 10.3. The smallest absolute Gasteiger partial charge is 0.269 e. The van der Waals surface area contributed by atoms with Crippen LogP contribution in [0.4, 0.5) is 0 Å². The molecule has 0 aromatic carbocycles. The lowest BCUT2D eigenvalue weighted by Gasteiger charge is -2.02. The molecule has 0 aliphatic rings. The van der Waals surface area contributed by atoms with Crippen LogP contribution >= 0.6 is 15.9 Å². The summed E-state index contributed by atoms with van der Waals surface area (Å²) in [5.74, 6) is 0.262. The Bertz CT molecular complexity index is 501. The summed E-state index contributed by atoms with van der Waals surface area (Å²) in [6.07, 6.45) is 1.83. The first kappa shape index (κ1) is 11.7. The number of nitrogens with zero attached hydrogens (tertiary/aromatic N) is 3. The molecule has 0 atom stereocenters. The number of nitrogens with one attached hydrogen (secondary N) is 1. The molecule has 2 aromatic heterocycles. The van der Waals surface area contributed by atoms with E-state index in [1.165, 1.54) is 6.33 Å². The monoisotopic (exact) mass is 296 g/mol. The molecule has 0 radical (unpaired) electrons. The summed E-state index contributed by atoms with van der Waals surface area (Å²) in [5, 5.41) is 6.19. The summed E-state index contributed by atoms with van der Waals surface area (Å²) in [6, 6.07) is 5.16. The minimum atomic E-state index is -0.231. The highest BCUT2D eigenvalue weighted by atomic mass is 79.9. The molecular formula is C10H9BrN4O2. The van der Waals surface area contributed by atoms with Crippen LogP contribution in [0, 0.1) is 0 Å². The molecule has 0 aliphatic heterocycles. The predicted octanol–water partition coefficient (Wildman–Crippen LogP) is 1.20. The number of carbonyl (C=O) groups is 1. The molecule has 88 valence electrons. The first-order valence-corrected chi connectivity index (χ1v) is 5.71. The standard InChI is InChI=1S/C10H9BrN4O2/c11-8-3-1-2-7(15-8)10(16)12-5-4-9-13-6-14-17-9/h1-3,6H,4-5H2,(H,12,16). The molecule has 2 heterocycles. The summed E-state index contributed by atoms with van der Waals surface area (Å²) in [6.45, 7) is 0.426. The van der Waals surface area contributed by atoms with Gasteiger partial charge in [0.15, 0.2) is 6.33 Å². The highest BCUT2D eigenvalue weighted by molar-refractivity contribution is 9.10. The van der Waals surface area contributed by atoms with Crippen LogP contribution in [-0.2, 0) is 6.42 Å². The van der Waals surface area contributed by atoms with Crippen molar-refractivity contribution in [1.29, 1.82) is 0 Å². The molecule has 0 unspecified atom stereocenters. The zero-order chi connectivity index (χ0) is 12.1. The number of aromatic nitrogens is 3. The Hall–Kier alpha value is -1.76. The van der Waals surface area contributed by atoms with E-state index in [-0.39, 0.29) is 5.91 Å². The number of hydrogen-bond acceptors (Lipinski definition) is 5. The maximum atomic E-state index is 11.7. The molecule has 0 bridgehead atoms. The van der Waals surface area contributed by atoms with E-state index in [1.807, 2.05) is 0 Å².